The van der Waals surface area contributed by atoms with Crippen LogP contribution in [0.5, 0.6) is 0 Å². The normalized spacial score (nSPS) is 15.9. The second-order valence-corrected chi connectivity index (χ2v) is 9.89. The number of halogens is 3. The van der Waals surface area contributed by atoms with Crippen LogP contribution in [0, 0.1) is 12.3 Å². The number of alkyl halides is 3. The molecule has 0 aliphatic carbocycles. The second-order valence-electron chi connectivity index (χ2n) is 9.89. The summed E-state index contributed by atoms with van der Waals surface area (Å²) < 4.78 is 41.5. The van der Waals surface area contributed by atoms with Gasteiger partial charge >= 0.3 is 6.18 Å². The van der Waals surface area contributed by atoms with Crippen LogP contribution >= 0.6 is 0 Å². The molecule has 0 fully saturated rings. The van der Waals surface area contributed by atoms with Crippen molar-refractivity contribution in [1.29, 1.82) is 0 Å². The Morgan fingerprint density at radius 3 is 2.38 bits per heavy atom. The van der Waals surface area contributed by atoms with Crippen LogP contribution in [-0.2, 0) is 24.1 Å². The van der Waals surface area contributed by atoms with Crippen LogP contribution in [0.15, 0.2) is 18.2 Å². The molecule has 0 bridgehead atoms. The number of benzene rings is 1. The summed E-state index contributed by atoms with van der Waals surface area (Å²) in [7, 11) is 3.45. The van der Waals surface area contributed by atoms with Gasteiger partial charge in [0.25, 0.3) is 5.91 Å². The van der Waals surface area contributed by atoms with Gasteiger partial charge in [0, 0.05) is 25.7 Å². The summed E-state index contributed by atoms with van der Waals surface area (Å²) in [6, 6.07) is 2.75. The smallest absolute Gasteiger partial charge is 0.357 e. The Labute approximate surface area is 197 Å². The molecule has 186 valence electrons. The Kier molecular flexibility index (Phi) is 7.12. The molecule has 1 aliphatic heterocycles. The minimum atomic E-state index is -4.44. The van der Waals surface area contributed by atoms with E-state index < -0.39 is 29.1 Å². The molecule has 2 heterocycles. The molecule has 7 nitrogen and oxygen atoms in total. The van der Waals surface area contributed by atoms with E-state index in [1.54, 1.807) is 6.92 Å². The number of imidazole rings is 1. The number of nitrogens with zero attached hydrogens (tertiary/aromatic N) is 3. The molecule has 0 radical (unpaired) electrons. The molecule has 1 unspecified atom stereocenters. The quantitative estimate of drug-likeness (QED) is 0.703. The topological polar surface area (TPSA) is 79.3 Å². The largest absolute Gasteiger partial charge is 0.416 e. The molecule has 1 atom stereocenters. The van der Waals surface area contributed by atoms with E-state index in [9.17, 15) is 22.8 Å². The van der Waals surface area contributed by atoms with E-state index >= 15 is 0 Å². The van der Waals surface area contributed by atoms with Gasteiger partial charge in [-0.3, -0.25) is 9.59 Å². The SMILES string of the molecule is CNC(=O)C(NC(=O)c1nc(-c2ccc(C(F)(F)F)cc2C)n2c1CN(C)CCC2)C(C)(C)C. The lowest BCUT2D eigenvalue weighted by Gasteiger charge is -2.29. The maximum absolute atomic E-state index is 13.4. The highest BCUT2D eigenvalue weighted by molar-refractivity contribution is 5.98. The number of likely N-dealkylation sites (N-methyl/N-ethyl adjacent to an activating group) is 1. The van der Waals surface area contributed by atoms with E-state index in [4.69, 9.17) is 0 Å². The van der Waals surface area contributed by atoms with Crippen LogP contribution in [0.25, 0.3) is 11.4 Å². The molecule has 0 spiro atoms. The number of aromatic nitrogens is 2. The molecule has 0 saturated carbocycles. The predicted octanol–water partition coefficient (Wildman–Crippen LogP) is 3.60. The number of carbonyl (C=O) groups is 2. The van der Waals surface area contributed by atoms with Crippen LogP contribution in [0.2, 0.25) is 0 Å². The van der Waals surface area contributed by atoms with E-state index in [2.05, 4.69) is 20.5 Å². The van der Waals surface area contributed by atoms with Crippen molar-refractivity contribution in [3.05, 3.63) is 40.7 Å². The van der Waals surface area contributed by atoms with E-state index in [0.29, 0.717) is 35.7 Å². The maximum Gasteiger partial charge on any atom is 0.416 e. The second kappa shape index (κ2) is 9.40. The molecule has 1 aromatic heterocycles. The number of amides is 2. The molecule has 3 rings (SSSR count). The van der Waals surface area contributed by atoms with Gasteiger partial charge in [0.15, 0.2) is 5.69 Å². The van der Waals surface area contributed by atoms with Crippen molar-refractivity contribution in [3.8, 4) is 11.4 Å². The molecule has 2 N–H and O–H groups in total. The molecule has 10 heteroatoms. The van der Waals surface area contributed by atoms with Gasteiger partial charge in [-0.1, -0.05) is 26.8 Å². The highest BCUT2D eigenvalue weighted by atomic mass is 19.4. The van der Waals surface area contributed by atoms with Gasteiger partial charge in [-0.2, -0.15) is 13.2 Å². The molecule has 2 amide bonds. The van der Waals surface area contributed by atoms with Gasteiger partial charge in [-0.25, -0.2) is 4.98 Å². The van der Waals surface area contributed by atoms with E-state index in [1.807, 2.05) is 32.4 Å². The minimum absolute atomic E-state index is 0.182. The number of nitrogens with one attached hydrogen (secondary N) is 2. The fraction of sp³-hybridized carbons (Fsp3) is 0.542. The molecular formula is C24H32F3N5O2. The molecule has 0 saturated heterocycles. The van der Waals surface area contributed by atoms with Crippen LogP contribution in [0.4, 0.5) is 13.2 Å². The summed E-state index contributed by atoms with van der Waals surface area (Å²) >= 11 is 0. The number of carbonyl (C=O) groups excluding carboxylic acids is 2. The molecule has 2 aromatic rings. The first-order valence-electron chi connectivity index (χ1n) is 11.2. The van der Waals surface area contributed by atoms with Crippen molar-refractivity contribution in [1.82, 2.24) is 25.1 Å². The molecule has 1 aromatic carbocycles. The summed E-state index contributed by atoms with van der Waals surface area (Å²) in [6.45, 7) is 9.00. The van der Waals surface area contributed by atoms with Gasteiger partial charge in [0.2, 0.25) is 5.91 Å². The highest BCUT2D eigenvalue weighted by Crippen LogP contribution is 2.34. The van der Waals surface area contributed by atoms with Crippen molar-refractivity contribution >= 4 is 11.8 Å². The lowest BCUT2D eigenvalue weighted by molar-refractivity contribution is -0.137. The lowest BCUT2D eigenvalue weighted by atomic mass is 9.86. The maximum atomic E-state index is 13.4. The number of hydrogen-bond donors (Lipinski definition) is 2. The zero-order valence-electron chi connectivity index (χ0n) is 20.4. The Morgan fingerprint density at radius 1 is 1.15 bits per heavy atom. The van der Waals surface area contributed by atoms with E-state index in [0.717, 1.165) is 25.1 Å². The Hall–Kier alpha value is -2.88. The summed E-state index contributed by atoms with van der Waals surface area (Å²) in [4.78, 5) is 32.5. The van der Waals surface area contributed by atoms with Gasteiger partial charge < -0.3 is 20.1 Å². The zero-order valence-corrected chi connectivity index (χ0v) is 20.4. The molecule has 1 aliphatic rings. The summed E-state index contributed by atoms with van der Waals surface area (Å²) in [6.07, 6.45) is -3.64. The van der Waals surface area contributed by atoms with E-state index in [1.165, 1.54) is 13.1 Å². The standard InChI is InChI=1S/C24H32F3N5O2/c1-14-12-15(24(25,26)27)8-9-16(14)20-29-18(17-13-31(6)10-7-11-32(17)20)21(33)30-19(22(34)28-5)23(2,3)4/h8-9,12,19H,7,10-11,13H2,1-6H3,(H,28,34)(H,30,33). The van der Waals surface area contributed by atoms with Crippen molar-refractivity contribution < 1.29 is 22.8 Å². The average molecular weight is 480 g/mol. The van der Waals surface area contributed by atoms with Gasteiger partial charge in [-0.15, -0.1) is 0 Å². The summed E-state index contributed by atoms with van der Waals surface area (Å²) in [5, 5.41) is 5.41. The fourth-order valence-corrected chi connectivity index (χ4v) is 4.22. The Balaban J connectivity index is 2.10. The van der Waals surface area contributed by atoms with Crippen LogP contribution in [0.3, 0.4) is 0 Å². The van der Waals surface area contributed by atoms with Crippen molar-refractivity contribution in [2.24, 2.45) is 5.41 Å². The fourth-order valence-electron chi connectivity index (χ4n) is 4.22. The summed E-state index contributed by atoms with van der Waals surface area (Å²) in [5.41, 5.74) is 0.544. The first-order chi connectivity index (χ1) is 15.7. The number of hydrogen-bond acceptors (Lipinski definition) is 4. The monoisotopic (exact) mass is 479 g/mol. The van der Waals surface area contributed by atoms with Crippen LogP contribution < -0.4 is 10.6 Å². The highest BCUT2D eigenvalue weighted by Gasteiger charge is 2.35. The average Bonchev–Trinajstić information content (AvgIpc) is 2.95. The van der Waals surface area contributed by atoms with Crippen molar-refractivity contribution in [2.45, 2.75) is 59.4 Å². The molecular weight excluding hydrogens is 447 g/mol. The van der Waals surface area contributed by atoms with E-state index in [-0.39, 0.29) is 11.6 Å². The van der Waals surface area contributed by atoms with Gasteiger partial charge in [0.1, 0.15) is 11.9 Å². The first kappa shape index (κ1) is 25.7. The van der Waals surface area contributed by atoms with Gasteiger partial charge in [0.05, 0.1) is 11.3 Å². The predicted molar refractivity (Wildman–Crippen MR) is 123 cm³/mol. The number of fused-ring (bicyclic) bond motifs is 1. The summed E-state index contributed by atoms with van der Waals surface area (Å²) in [5.74, 6) is -0.352. The van der Waals surface area contributed by atoms with Crippen molar-refractivity contribution in [3.63, 3.8) is 0 Å². The lowest BCUT2D eigenvalue weighted by Crippen LogP contribution is -2.53. The Bertz CT molecular complexity index is 1090. The zero-order chi connectivity index (χ0) is 25.4. The third kappa shape index (κ3) is 5.27. The van der Waals surface area contributed by atoms with Gasteiger partial charge in [-0.05, 0) is 50.0 Å². The van der Waals surface area contributed by atoms with Crippen LogP contribution in [-0.4, -0.2) is 52.9 Å². The van der Waals surface area contributed by atoms with Crippen LogP contribution in [0.1, 0.15) is 54.5 Å². The first-order valence-corrected chi connectivity index (χ1v) is 11.2. The number of rotatable bonds is 4. The molecule has 34 heavy (non-hydrogen) atoms. The van der Waals surface area contributed by atoms with Crippen molar-refractivity contribution in [2.75, 3.05) is 20.6 Å². The number of aryl methyl sites for hydroxylation is 1. The third-order valence-corrected chi connectivity index (χ3v) is 6.07. The third-order valence-electron chi connectivity index (χ3n) is 6.07. The minimum Gasteiger partial charge on any atom is -0.357 e. The Morgan fingerprint density at radius 2 is 1.82 bits per heavy atom.